The molecule has 1 amide bonds. The van der Waals surface area contributed by atoms with Gasteiger partial charge in [-0.15, -0.1) is 0 Å². The lowest BCUT2D eigenvalue weighted by atomic mass is 10.1. The van der Waals surface area contributed by atoms with Gasteiger partial charge in [0.25, 0.3) is 5.91 Å². The Morgan fingerprint density at radius 3 is 2.68 bits per heavy atom. The first-order chi connectivity index (χ1) is 12.1. The first-order valence-electron chi connectivity index (χ1n) is 8.43. The summed E-state index contributed by atoms with van der Waals surface area (Å²) in [5, 5.41) is 13.8. The third-order valence-electron chi connectivity index (χ3n) is 4.63. The molecule has 0 bridgehead atoms. The number of phenols is 1. The van der Waals surface area contributed by atoms with Crippen LogP contribution in [0.1, 0.15) is 28.9 Å². The van der Waals surface area contributed by atoms with Gasteiger partial charge in [0.2, 0.25) is 0 Å². The number of hydrogen-bond donors (Lipinski definition) is 1. The van der Waals surface area contributed by atoms with Crippen LogP contribution in [0.5, 0.6) is 5.75 Å². The zero-order valence-corrected chi connectivity index (χ0v) is 14.1. The maximum Gasteiger partial charge on any atom is 0.264 e. The van der Waals surface area contributed by atoms with Gasteiger partial charge in [-0.2, -0.15) is 5.10 Å². The van der Waals surface area contributed by atoms with E-state index >= 15 is 0 Å². The van der Waals surface area contributed by atoms with E-state index in [0.29, 0.717) is 11.4 Å². The van der Waals surface area contributed by atoms with E-state index in [4.69, 9.17) is 0 Å². The van der Waals surface area contributed by atoms with Gasteiger partial charge in [-0.25, -0.2) is 0 Å². The Bertz CT molecular complexity index is 908. The van der Waals surface area contributed by atoms with Gasteiger partial charge in [0.05, 0.1) is 17.4 Å². The summed E-state index contributed by atoms with van der Waals surface area (Å²) in [6.45, 7) is 0.967. The number of aryl methyl sites for hydroxylation is 2. The van der Waals surface area contributed by atoms with Crippen molar-refractivity contribution in [3.05, 3.63) is 60.2 Å². The number of rotatable bonds is 3. The number of aromatic hydroxyl groups is 1. The van der Waals surface area contributed by atoms with Crippen LogP contribution < -0.4 is 4.90 Å². The largest absolute Gasteiger partial charge is 0.508 e. The van der Waals surface area contributed by atoms with Gasteiger partial charge < -0.3 is 9.67 Å². The molecule has 0 aliphatic carbocycles. The van der Waals surface area contributed by atoms with Gasteiger partial charge in [-0.05, 0) is 49.6 Å². The predicted octanol–water partition coefficient (Wildman–Crippen LogP) is 3.24. The number of benzene rings is 1. The van der Waals surface area contributed by atoms with E-state index in [9.17, 15) is 9.90 Å². The summed E-state index contributed by atoms with van der Waals surface area (Å²) in [6, 6.07) is 8.56. The average molecular weight is 336 g/mol. The molecular formula is C19H20N4O2. The fourth-order valence-electron chi connectivity index (χ4n) is 3.39. The number of carbonyl (C=O) groups is 1. The number of anilines is 2. The molecule has 25 heavy (non-hydrogen) atoms. The van der Waals surface area contributed by atoms with Crippen LogP contribution in [0.15, 0.2) is 48.9 Å². The Hall–Kier alpha value is -3.02. The zero-order valence-electron chi connectivity index (χ0n) is 14.1. The molecule has 6 nitrogen and oxygen atoms in total. The molecule has 3 aromatic rings. The smallest absolute Gasteiger partial charge is 0.264 e. The molecule has 0 spiro atoms. The first kappa shape index (κ1) is 15.5. The molecule has 1 aliphatic heterocycles. The van der Waals surface area contributed by atoms with Gasteiger partial charge in [-0.3, -0.25) is 14.4 Å². The van der Waals surface area contributed by atoms with Crippen molar-refractivity contribution >= 4 is 17.3 Å². The first-order valence-corrected chi connectivity index (χ1v) is 8.43. The molecule has 0 fully saturated rings. The maximum atomic E-state index is 13.4. The predicted molar refractivity (Wildman–Crippen MR) is 95.2 cm³/mol. The second-order valence-corrected chi connectivity index (χ2v) is 6.36. The molecule has 128 valence electrons. The Balaban J connectivity index is 1.79. The second kappa shape index (κ2) is 6.12. The van der Waals surface area contributed by atoms with Crippen LogP contribution in [-0.4, -0.2) is 25.4 Å². The number of phenolic OH excluding ortho intramolecular Hbond substituents is 1. The van der Waals surface area contributed by atoms with Crippen molar-refractivity contribution in [1.29, 1.82) is 0 Å². The Kier molecular flexibility index (Phi) is 3.80. The molecule has 0 saturated heterocycles. The van der Waals surface area contributed by atoms with Gasteiger partial charge in [0.15, 0.2) is 0 Å². The summed E-state index contributed by atoms with van der Waals surface area (Å²) in [4.78, 5) is 15.0. The Morgan fingerprint density at radius 1 is 1.16 bits per heavy atom. The van der Waals surface area contributed by atoms with Crippen molar-refractivity contribution in [3.63, 3.8) is 0 Å². The molecule has 0 unspecified atom stereocenters. The number of hydrogen-bond acceptors (Lipinski definition) is 3. The highest BCUT2D eigenvalue weighted by Crippen LogP contribution is 2.30. The van der Waals surface area contributed by atoms with Crippen molar-refractivity contribution < 1.29 is 9.90 Å². The van der Waals surface area contributed by atoms with Gasteiger partial charge in [0.1, 0.15) is 5.75 Å². The van der Waals surface area contributed by atoms with Crippen LogP contribution in [0.3, 0.4) is 0 Å². The average Bonchev–Trinajstić information content (AvgIpc) is 3.23. The highest BCUT2D eigenvalue weighted by Gasteiger charge is 2.26. The van der Waals surface area contributed by atoms with Crippen LogP contribution in [0.25, 0.3) is 0 Å². The third kappa shape index (κ3) is 2.80. The lowest BCUT2D eigenvalue weighted by Crippen LogP contribution is -2.27. The van der Waals surface area contributed by atoms with E-state index in [1.807, 2.05) is 25.5 Å². The minimum absolute atomic E-state index is 0.0747. The number of nitrogens with zero attached hydrogens (tertiary/aromatic N) is 4. The topological polar surface area (TPSA) is 63.3 Å². The van der Waals surface area contributed by atoms with Crippen LogP contribution in [0.4, 0.5) is 11.4 Å². The van der Waals surface area contributed by atoms with E-state index in [0.717, 1.165) is 37.1 Å². The van der Waals surface area contributed by atoms with Gasteiger partial charge in [0, 0.05) is 37.4 Å². The van der Waals surface area contributed by atoms with Crippen LogP contribution in [0.2, 0.25) is 0 Å². The van der Waals surface area contributed by atoms with E-state index in [2.05, 4.69) is 9.67 Å². The number of amides is 1. The normalized spacial score (nSPS) is 13.5. The highest BCUT2D eigenvalue weighted by molar-refractivity contribution is 6.11. The van der Waals surface area contributed by atoms with Crippen molar-refractivity contribution in [1.82, 2.24) is 14.3 Å². The molecule has 0 atom stereocenters. The van der Waals surface area contributed by atoms with Gasteiger partial charge >= 0.3 is 0 Å². The van der Waals surface area contributed by atoms with E-state index in [-0.39, 0.29) is 11.7 Å². The van der Waals surface area contributed by atoms with Crippen LogP contribution >= 0.6 is 0 Å². The third-order valence-corrected chi connectivity index (χ3v) is 4.63. The van der Waals surface area contributed by atoms with Crippen LogP contribution in [-0.2, 0) is 20.0 Å². The summed E-state index contributed by atoms with van der Waals surface area (Å²) in [5.41, 5.74) is 3.24. The number of fused-ring (bicyclic) bond motifs is 1. The van der Waals surface area contributed by atoms with Crippen molar-refractivity contribution in [2.45, 2.75) is 25.8 Å². The molecule has 3 heterocycles. The number of aromatic nitrogens is 3. The minimum atomic E-state index is -0.0747. The molecule has 1 N–H and O–H groups in total. The quantitative estimate of drug-likeness (QED) is 0.798. The summed E-state index contributed by atoms with van der Waals surface area (Å²) in [5.74, 6) is 0.0953. The number of carbonyl (C=O) groups excluding carboxylic acids is 1. The summed E-state index contributed by atoms with van der Waals surface area (Å²) < 4.78 is 3.85. The molecule has 0 saturated carbocycles. The summed E-state index contributed by atoms with van der Waals surface area (Å²) >= 11 is 0. The molecule has 4 rings (SSSR count). The maximum absolute atomic E-state index is 13.4. The SMILES string of the molecule is Cn1cc(N(C(=O)c2ccn3c2CCCC3)c2ccc(O)cc2)cn1. The fourth-order valence-corrected chi connectivity index (χ4v) is 3.39. The summed E-state index contributed by atoms with van der Waals surface area (Å²) in [6.07, 6.45) is 8.67. The van der Waals surface area contributed by atoms with Gasteiger partial charge in [-0.1, -0.05) is 0 Å². The molecule has 2 aromatic heterocycles. The standard InChI is InChI=1S/C19H20N4O2/c1-21-13-15(12-20-21)23(14-5-7-16(24)8-6-14)19(25)17-9-11-22-10-3-2-4-18(17)22/h5-9,11-13,24H,2-4,10H2,1H3. The van der Waals surface area contributed by atoms with Crippen LogP contribution in [0, 0.1) is 0 Å². The van der Waals surface area contributed by atoms with Crippen molar-refractivity contribution in [2.24, 2.45) is 7.05 Å². The molecular weight excluding hydrogens is 316 g/mol. The molecule has 6 heteroatoms. The van der Waals surface area contributed by atoms with E-state index in [1.54, 1.807) is 40.0 Å². The Labute approximate surface area is 145 Å². The summed E-state index contributed by atoms with van der Waals surface area (Å²) in [7, 11) is 1.82. The molecule has 1 aromatic carbocycles. The van der Waals surface area contributed by atoms with Crippen molar-refractivity contribution in [2.75, 3.05) is 4.90 Å². The Morgan fingerprint density at radius 2 is 1.96 bits per heavy atom. The molecule has 1 aliphatic rings. The molecule has 0 radical (unpaired) electrons. The van der Waals surface area contributed by atoms with E-state index < -0.39 is 0 Å². The fraction of sp³-hybridized carbons (Fsp3) is 0.263. The van der Waals surface area contributed by atoms with Crippen molar-refractivity contribution in [3.8, 4) is 5.75 Å². The monoisotopic (exact) mass is 336 g/mol. The lowest BCUT2D eigenvalue weighted by Gasteiger charge is -2.23. The zero-order chi connectivity index (χ0) is 17.4. The minimum Gasteiger partial charge on any atom is -0.508 e. The lowest BCUT2D eigenvalue weighted by molar-refractivity contribution is 0.0998. The second-order valence-electron chi connectivity index (χ2n) is 6.36. The highest BCUT2D eigenvalue weighted by atomic mass is 16.3. The van der Waals surface area contributed by atoms with E-state index in [1.165, 1.54) is 0 Å².